The molecule has 1 saturated heterocycles. The Bertz CT molecular complexity index is 613. The molecular formula is C14H15BrN2O5. The number of carbonyl (C=O) groups excluding carboxylic acids is 2. The highest BCUT2D eigenvalue weighted by atomic mass is 79.9. The van der Waals surface area contributed by atoms with E-state index >= 15 is 0 Å². The van der Waals surface area contributed by atoms with E-state index in [2.05, 4.69) is 15.9 Å². The van der Waals surface area contributed by atoms with Crippen molar-refractivity contribution in [3.63, 3.8) is 0 Å². The van der Waals surface area contributed by atoms with Crippen LogP contribution >= 0.6 is 15.9 Å². The number of hydrogen-bond donors (Lipinski definition) is 0. The molecule has 0 saturated carbocycles. The van der Waals surface area contributed by atoms with Gasteiger partial charge in [-0.2, -0.15) is 0 Å². The summed E-state index contributed by atoms with van der Waals surface area (Å²) in [5.74, 6) is -0.992. The first-order valence-electron chi connectivity index (χ1n) is 6.84. The maximum absolute atomic E-state index is 12.1. The summed E-state index contributed by atoms with van der Waals surface area (Å²) < 4.78 is 5.39. The topological polar surface area (TPSA) is 89.7 Å². The van der Waals surface area contributed by atoms with Gasteiger partial charge in [0.05, 0.1) is 15.0 Å². The molecule has 0 radical (unpaired) electrons. The highest BCUT2D eigenvalue weighted by molar-refractivity contribution is 9.10. The molecule has 1 aromatic carbocycles. The van der Waals surface area contributed by atoms with Crippen LogP contribution in [0.25, 0.3) is 0 Å². The Morgan fingerprint density at radius 2 is 2.00 bits per heavy atom. The van der Waals surface area contributed by atoms with Crippen LogP contribution in [0.5, 0.6) is 0 Å². The largest absolute Gasteiger partial charge is 0.449 e. The summed E-state index contributed by atoms with van der Waals surface area (Å²) in [6.45, 7) is 2.85. The predicted octanol–water partition coefficient (Wildman–Crippen LogP) is 2.53. The zero-order chi connectivity index (χ0) is 16.3. The Morgan fingerprint density at radius 1 is 1.36 bits per heavy atom. The van der Waals surface area contributed by atoms with Gasteiger partial charge in [-0.05, 0) is 47.8 Å². The number of benzene rings is 1. The van der Waals surface area contributed by atoms with Gasteiger partial charge in [-0.3, -0.25) is 14.9 Å². The molecule has 1 fully saturated rings. The number of rotatable bonds is 4. The fraction of sp³-hybridized carbons (Fsp3) is 0.429. The average molecular weight is 371 g/mol. The molecule has 0 bridgehead atoms. The molecule has 1 atom stereocenters. The van der Waals surface area contributed by atoms with Crippen molar-refractivity contribution in [3.8, 4) is 0 Å². The fourth-order valence-electron chi connectivity index (χ4n) is 2.25. The van der Waals surface area contributed by atoms with Crippen LogP contribution in [-0.4, -0.2) is 40.9 Å². The van der Waals surface area contributed by atoms with Crippen molar-refractivity contribution >= 4 is 33.5 Å². The van der Waals surface area contributed by atoms with Gasteiger partial charge in [0.2, 0.25) is 0 Å². The number of nitrogens with zero attached hydrogens (tertiary/aromatic N) is 2. The van der Waals surface area contributed by atoms with Gasteiger partial charge >= 0.3 is 5.97 Å². The Balaban J connectivity index is 2.07. The summed E-state index contributed by atoms with van der Waals surface area (Å²) in [7, 11) is 0. The van der Waals surface area contributed by atoms with E-state index in [1.54, 1.807) is 4.90 Å². The van der Waals surface area contributed by atoms with Gasteiger partial charge in [-0.25, -0.2) is 4.79 Å². The zero-order valence-electron chi connectivity index (χ0n) is 12.0. The smallest absolute Gasteiger partial charge is 0.339 e. The Morgan fingerprint density at radius 3 is 2.59 bits per heavy atom. The summed E-state index contributed by atoms with van der Waals surface area (Å²) in [6, 6.07) is 3.94. The minimum absolute atomic E-state index is 0.0379. The highest BCUT2D eigenvalue weighted by Crippen LogP contribution is 2.26. The molecule has 1 amide bonds. The van der Waals surface area contributed by atoms with Crippen molar-refractivity contribution in [1.82, 2.24) is 4.90 Å². The van der Waals surface area contributed by atoms with Crippen molar-refractivity contribution in [2.75, 3.05) is 13.1 Å². The quantitative estimate of drug-likeness (QED) is 0.461. The second-order valence-electron chi connectivity index (χ2n) is 5.00. The fourth-order valence-corrected chi connectivity index (χ4v) is 2.64. The molecule has 2 rings (SSSR count). The normalized spacial score (nSPS) is 15.5. The van der Waals surface area contributed by atoms with Crippen LogP contribution in [0.15, 0.2) is 22.7 Å². The van der Waals surface area contributed by atoms with Gasteiger partial charge in [-0.15, -0.1) is 0 Å². The van der Waals surface area contributed by atoms with Gasteiger partial charge in [-0.1, -0.05) is 0 Å². The standard InChI is InChI=1S/C14H15BrN2O5/c1-9(13(18)16-6-2-3-7-16)22-14(19)10-4-5-11(15)12(8-10)17(20)21/h4-5,8-9H,2-3,6-7H2,1H3. The molecule has 7 nitrogen and oxygen atoms in total. The first kappa shape index (κ1) is 16.4. The molecule has 1 aliphatic rings. The summed E-state index contributed by atoms with van der Waals surface area (Å²) in [6.07, 6.45) is 0.990. The van der Waals surface area contributed by atoms with Crippen molar-refractivity contribution < 1.29 is 19.2 Å². The molecule has 1 heterocycles. The molecule has 0 aliphatic carbocycles. The Hall–Kier alpha value is -1.96. The number of carbonyl (C=O) groups is 2. The van der Waals surface area contributed by atoms with Gasteiger partial charge in [0.25, 0.3) is 11.6 Å². The number of esters is 1. The molecule has 1 aliphatic heterocycles. The molecule has 0 spiro atoms. The molecule has 0 aromatic heterocycles. The van der Waals surface area contributed by atoms with Crippen LogP contribution in [-0.2, 0) is 9.53 Å². The number of ether oxygens (including phenoxy) is 1. The van der Waals surface area contributed by atoms with Gasteiger partial charge in [0.15, 0.2) is 6.10 Å². The Kier molecular flexibility index (Phi) is 5.12. The third kappa shape index (κ3) is 3.62. The predicted molar refractivity (Wildman–Crippen MR) is 81.5 cm³/mol. The van der Waals surface area contributed by atoms with Gasteiger partial charge in [0.1, 0.15) is 0 Å². The summed E-state index contributed by atoms with van der Waals surface area (Å²) in [5, 5.41) is 10.9. The lowest BCUT2D eigenvalue weighted by Gasteiger charge is -2.20. The van der Waals surface area contributed by atoms with E-state index in [4.69, 9.17) is 4.74 Å². The number of hydrogen-bond acceptors (Lipinski definition) is 5. The molecule has 1 aromatic rings. The van der Waals surface area contributed by atoms with E-state index < -0.39 is 17.0 Å². The van der Waals surface area contributed by atoms with E-state index in [0.29, 0.717) is 13.1 Å². The maximum Gasteiger partial charge on any atom is 0.339 e. The number of halogens is 1. The minimum Gasteiger partial charge on any atom is -0.449 e. The van der Waals surface area contributed by atoms with Crippen molar-refractivity contribution in [1.29, 1.82) is 0 Å². The first-order valence-corrected chi connectivity index (χ1v) is 7.63. The lowest BCUT2D eigenvalue weighted by atomic mass is 10.2. The SMILES string of the molecule is CC(OC(=O)c1ccc(Br)c([N+](=O)[O-])c1)C(=O)N1CCCC1. The highest BCUT2D eigenvalue weighted by Gasteiger charge is 2.27. The van der Waals surface area contributed by atoms with Crippen LogP contribution in [0, 0.1) is 10.1 Å². The minimum atomic E-state index is -0.909. The third-order valence-electron chi connectivity index (χ3n) is 3.43. The first-order chi connectivity index (χ1) is 10.4. The number of nitro benzene ring substituents is 1. The van der Waals surface area contributed by atoms with E-state index in [0.717, 1.165) is 18.9 Å². The molecule has 1 unspecified atom stereocenters. The molecule has 22 heavy (non-hydrogen) atoms. The summed E-state index contributed by atoms with van der Waals surface area (Å²) >= 11 is 3.04. The van der Waals surface area contributed by atoms with E-state index in [1.165, 1.54) is 19.1 Å². The molecule has 0 N–H and O–H groups in total. The molecule has 118 valence electrons. The van der Waals surface area contributed by atoms with E-state index in [9.17, 15) is 19.7 Å². The monoisotopic (exact) mass is 370 g/mol. The summed E-state index contributed by atoms with van der Waals surface area (Å²) in [4.78, 5) is 36.0. The molecular weight excluding hydrogens is 356 g/mol. The van der Waals surface area contributed by atoms with Crippen LogP contribution < -0.4 is 0 Å². The zero-order valence-corrected chi connectivity index (χ0v) is 13.5. The Labute approximate surface area is 135 Å². The van der Waals surface area contributed by atoms with Crippen LogP contribution in [0.2, 0.25) is 0 Å². The summed E-state index contributed by atoms with van der Waals surface area (Å²) in [5.41, 5.74) is -0.191. The van der Waals surface area contributed by atoms with E-state index in [-0.39, 0.29) is 21.6 Å². The average Bonchev–Trinajstić information content (AvgIpc) is 3.00. The number of nitro groups is 1. The number of likely N-dealkylation sites (tertiary alicyclic amines) is 1. The third-order valence-corrected chi connectivity index (χ3v) is 4.10. The van der Waals surface area contributed by atoms with Crippen molar-refractivity contribution in [2.45, 2.75) is 25.9 Å². The lowest BCUT2D eigenvalue weighted by molar-refractivity contribution is -0.385. The van der Waals surface area contributed by atoms with Gasteiger partial charge in [0, 0.05) is 19.2 Å². The lowest BCUT2D eigenvalue weighted by Crippen LogP contribution is -2.38. The maximum atomic E-state index is 12.1. The van der Waals surface area contributed by atoms with Crippen molar-refractivity contribution in [2.24, 2.45) is 0 Å². The van der Waals surface area contributed by atoms with Crippen molar-refractivity contribution in [3.05, 3.63) is 38.3 Å². The number of amides is 1. The van der Waals surface area contributed by atoms with Crippen LogP contribution in [0.3, 0.4) is 0 Å². The van der Waals surface area contributed by atoms with Crippen LogP contribution in [0.4, 0.5) is 5.69 Å². The molecule has 8 heteroatoms. The van der Waals surface area contributed by atoms with Crippen LogP contribution in [0.1, 0.15) is 30.1 Å². The van der Waals surface area contributed by atoms with Gasteiger partial charge < -0.3 is 9.64 Å². The van der Waals surface area contributed by atoms with E-state index in [1.807, 2.05) is 0 Å². The second kappa shape index (κ2) is 6.87. The second-order valence-corrected chi connectivity index (χ2v) is 5.86.